The van der Waals surface area contributed by atoms with Gasteiger partial charge in [0.15, 0.2) is 0 Å². The summed E-state index contributed by atoms with van der Waals surface area (Å²) in [6.45, 7) is 29.4. The van der Waals surface area contributed by atoms with Crippen LogP contribution >= 0.6 is 0 Å². The Bertz CT molecular complexity index is 1120. The Hall–Kier alpha value is -3.38. The fourth-order valence-electron chi connectivity index (χ4n) is 5.04. The molecule has 0 bridgehead atoms. The van der Waals surface area contributed by atoms with Crippen LogP contribution in [0.3, 0.4) is 0 Å². The largest absolute Gasteiger partial charge is 0.106 e. The van der Waals surface area contributed by atoms with E-state index in [1.807, 2.05) is 0 Å². The predicted molar refractivity (Wildman–Crippen MR) is 181 cm³/mol. The lowest BCUT2D eigenvalue weighted by Crippen LogP contribution is -2.15. The lowest BCUT2D eigenvalue weighted by Gasteiger charge is -2.28. The number of hydrogen-bond donors (Lipinski definition) is 0. The lowest BCUT2D eigenvalue weighted by atomic mass is 9.78. The van der Waals surface area contributed by atoms with E-state index in [1.54, 1.807) is 0 Å². The van der Waals surface area contributed by atoms with Gasteiger partial charge in [0.05, 0.1) is 0 Å². The third kappa shape index (κ3) is 13.1. The second kappa shape index (κ2) is 19.6. The summed E-state index contributed by atoms with van der Waals surface area (Å²) in [6, 6.07) is 26.2. The van der Waals surface area contributed by atoms with E-state index in [1.165, 1.54) is 70.2 Å². The maximum Gasteiger partial charge on any atom is -0.00669 e. The van der Waals surface area contributed by atoms with Crippen LogP contribution in [0.5, 0.6) is 0 Å². The average molecular weight is 535 g/mol. The van der Waals surface area contributed by atoms with Gasteiger partial charge in [-0.15, -0.1) is 26.3 Å². The molecule has 0 heterocycles. The van der Waals surface area contributed by atoms with Crippen LogP contribution in [0.25, 0.3) is 0 Å². The first-order valence-electron chi connectivity index (χ1n) is 14.8. The first-order chi connectivity index (χ1) is 19.3. The van der Waals surface area contributed by atoms with Crippen molar-refractivity contribution < 1.29 is 0 Å². The van der Waals surface area contributed by atoms with Crippen LogP contribution in [0.1, 0.15) is 72.4 Å². The highest BCUT2D eigenvalue weighted by atomic mass is 14.3. The zero-order valence-electron chi connectivity index (χ0n) is 26.0. The molecule has 3 aromatic rings. The van der Waals surface area contributed by atoms with Crippen LogP contribution in [-0.4, -0.2) is 0 Å². The van der Waals surface area contributed by atoms with Crippen molar-refractivity contribution in [1.29, 1.82) is 0 Å². The summed E-state index contributed by atoms with van der Waals surface area (Å²) < 4.78 is 0. The van der Waals surface area contributed by atoms with E-state index in [2.05, 4.69) is 140 Å². The molecule has 3 aromatic carbocycles. The van der Waals surface area contributed by atoms with Gasteiger partial charge in [-0.05, 0) is 98.9 Å². The zero-order valence-corrected chi connectivity index (χ0v) is 26.0. The first-order valence-corrected chi connectivity index (χ1v) is 14.8. The molecule has 0 amide bonds. The fourth-order valence-corrected chi connectivity index (χ4v) is 5.04. The minimum atomic E-state index is 0.766. The highest BCUT2D eigenvalue weighted by Gasteiger charge is 2.20. The van der Waals surface area contributed by atoms with E-state index in [0.717, 1.165) is 37.5 Å². The van der Waals surface area contributed by atoms with Gasteiger partial charge in [0.2, 0.25) is 0 Å². The Morgan fingerprint density at radius 3 is 1.80 bits per heavy atom. The van der Waals surface area contributed by atoms with Crippen LogP contribution in [0.2, 0.25) is 0 Å². The minimum Gasteiger partial charge on any atom is -0.106 e. The van der Waals surface area contributed by atoms with Crippen LogP contribution < -0.4 is 0 Å². The number of benzene rings is 3. The van der Waals surface area contributed by atoms with Crippen molar-refractivity contribution in [3.05, 3.63) is 157 Å². The maximum atomic E-state index is 4.35. The molecular formula is C40H54. The van der Waals surface area contributed by atoms with Crippen molar-refractivity contribution >= 4 is 0 Å². The van der Waals surface area contributed by atoms with Crippen LogP contribution in [-0.2, 0) is 19.3 Å². The monoisotopic (exact) mass is 534 g/mol. The van der Waals surface area contributed by atoms with Gasteiger partial charge in [-0.25, -0.2) is 0 Å². The molecule has 1 saturated carbocycles. The Kier molecular flexibility index (Phi) is 17.0. The summed E-state index contributed by atoms with van der Waals surface area (Å²) in [6.07, 6.45) is 9.69. The molecule has 0 unspecified atom stereocenters. The molecule has 214 valence electrons. The molecule has 0 radical (unpaired) electrons. The average Bonchev–Trinajstić information content (AvgIpc) is 2.98. The smallest absolute Gasteiger partial charge is 0.00669 e. The second-order valence-electron chi connectivity index (χ2n) is 11.1. The van der Waals surface area contributed by atoms with Gasteiger partial charge in [-0.2, -0.15) is 0 Å². The van der Waals surface area contributed by atoms with E-state index in [0.29, 0.717) is 0 Å². The van der Waals surface area contributed by atoms with Crippen molar-refractivity contribution in [3.63, 3.8) is 0 Å². The second-order valence-corrected chi connectivity index (χ2v) is 11.1. The van der Waals surface area contributed by atoms with Crippen molar-refractivity contribution in [2.45, 2.75) is 79.1 Å². The van der Waals surface area contributed by atoms with Gasteiger partial charge in [-0.3, -0.25) is 0 Å². The van der Waals surface area contributed by atoms with Crippen LogP contribution in [0.4, 0.5) is 0 Å². The van der Waals surface area contributed by atoms with E-state index in [4.69, 9.17) is 0 Å². The van der Waals surface area contributed by atoms with Crippen molar-refractivity contribution in [2.24, 2.45) is 11.8 Å². The molecule has 4 rings (SSSR count). The number of allylic oxidation sites excluding steroid dienone is 2. The Balaban J connectivity index is 0.000000356. The van der Waals surface area contributed by atoms with E-state index < -0.39 is 0 Å². The third-order valence-corrected chi connectivity index (χ3v) is 7.78. The summed E-state index contributed by atoms with van der Waals surface area (Å²) in [5.74, 6) is 1.69. The fraction of sp³-hybridized carbons (Fsp3) is 0.350. The molecule has 1 aliphatic rings. The molecule has 0 saturated heterocycles. The summed E-state index contributed by atoms with van der Waals surface area (Å²) >= 11 is 0. The minimum absolute atomic E-state index is 0.766. The summed E-state index contributed by atoms with van der Waals surface area (Å²) in [5.41, 5.74) is 11.0. The lowest BCUT2D eigenvalue weighted by molar-refractivity contribution is 0.318. The van der Waals surface area contributed by atoms with E-state index >= 15 is 0 Å². The molecule has 1 fully saturated rings. The molecule has 0 heteroatoms. The zero-order chi connectivity index (χ0) is 29.9. The predicted octanol–water partition coefficient (Wildman–Crippen LogP) is 11.6. The molecule has 0 atom stereocenters. The molecule has 0 nitrogen and oxygen atoms in total. The third-order valence-electron chi connectivity index (χ3n) is 7.78. The maximum absolute atomic E-state index is 4.35. The summed E-state index contributed by atoms with van der Waals surface area (Å²) in [5, 5.41) is 0. The Labute approximate surface area is 247 Å². The SMILES string of the molecule is C=C.C=C.C=C(CCc1ccccc1)Cc1ccc(C)cc1.C=C(Cc1ccc(C)c(C)c1)C1CCC(C)CC1. The summed E-state index contributed by atoms with van der Waals surface area (Å²) in [7, 11) is 0. The normalized spacial score (nSPS) is 15.6. The molecule has 0 aromatic heterocycles. The number of aryl methyl sites for hydroxylation is 4. The van der Waals surface area contributed by atoms with Crippen molar-refractivity contribution in [2.75, 3.05) is 0 Å². The standard InChI is InChI=1S/C18H26.C18H20.2C2H4/c1-13-5-9-18(10-6-13)16(4)12-17-8-7-14(2)15(3)11-17;1-15-8-12-18(13-9-15)14-16(2)10-11-17-6-4-3-5-7-17;2*1-2/h7-8,11,13,18H,4-6,9-10,12H2,1-3H3;3-9,12-13H,2,10-11,14H2,1H3;2*1-2H2. The molecule has 0 aliphatic heterocycles. The highest BCUT2D eigenvalue weighted by molar-refractivity contribution is 5.32. The quantitative estimate of drug-likeness (QED) is 0.252. The van der Waals surface area contributed by atoms with Gasteiger partial charge in [0, 0.05) is 0 Å². The van der Waals surface area contributed by atoms with Crippen LogP contribution in [0.15, 0.2) is 123 Å². The Morgan fingerprint density at radius 1 is 0.650 bits per heavy atom. The van der Waals surface area contributed by atoms with Gasteiger partial charge in [0.1, 0.15) is 0 Å². The number of hydrogen-bond acceptors (Lipinski definition) is 0. The highest BCUT2D eigenvalue weighted by Crippen LogP contribution is 2.33. The number of rotatable bonds is 8. The molecule has 0 N–H and O–H groups in total. The van der Waals surface area contributed by atoms with Gasteiger partial charge < -0.3 is 0 Å². The van der Waals surface area contributed by atoms with Crippen molar-refractivity contribution in [3.8, 4) is 0 Å². The summed E-state index contributed by atoms with van der Waals surface area (Å²) in [4.78, 5) is 0. The molecular weight excluding hydrogens is 480 g/mol. The molecule has 0 spiro atoms. The molecule has 1 aliphatic carbocycles. The van der Waals surface area contributed by atoms with E-state index in [9.17, 15) is 0 Å². The van der Waals surface area contributed by atoms with Gasteiger partial charge in [0.25, 0.3) is 0 Å². The van der Waals surface area contributed by atoms with Crippen molar-refractivity contribution in [1.82, 2.24) is 0 Å². The van der Waals surface area contributed by atoms with Gasteiger partial charge >= 0.3 is 0 Å². The van der Waals surface area contributed by atoms with Gasteiger partial charge in [-0.1, -0.05) is 122 Å². The molecule has 40 heavy (non-hydrogen) atoms. The Morgan fingerprint density at radius 2 is 1.23 bits per heavy atom. The van der Waals surface area contributed by atoms with Crippen LogP contribution in [0, 0.1) is 32.6 Å². The first kappa shape index (κ1) is 34.6. The topological polar surface area (TPSA) is 0 Å². The van der Waals surface area contributed by atoms with E-state index in [-0.39, 0.29) is 0 Å².